The van der Waals surface area contributed by atoms with E-state index in [9.17, 15) is 24.5 Å². The molecule has 0 saturated heterocycles. The summed E-state index contributed by atoms with van der Waals surface area (Å²) in [5.74, 6) is -0.123. The van der Waals surface area contributed by atoms with Crippen molar-refractivity contribution < 1.29 is 24.0 Å². The van der Waals surface area contributed by atoms with Crippen LogP contribution in [-0.4, -0.2) is 44.1 Å². The number of rotatable bonds is 6. The van der Waals surface area contributed by atoms with Crippen molar-refractivity contribution in [1.82, 2.24) is 14.9 Å². The van der Waals surface area contributed by atoms with Crippen LogP contribution < -0.4 is 15.4 Å². The number of nitrogens with zero attached hydrogens (tertiary/aromatic N) is 3. The van der Waals surface area contributed by atoms with Gasteiger partial charge in [0.2, 0.25) is 5.91 Å². The van der Waals surface area contributed by atoms with E-state index in [0.29, 0.717) is 34.0 Å². The number of benzene rings is 2. The second kappa shape index (κ2) is 10.5. The molecule has 12 heteroatoms. The van der Waals surface area contributed by atoms with Crippen molar-refractivity contribution in [1.29, 1.82) is 0 Å². The second-order valence-electron chi connectivity index (χ2n) is 8.73. The number of ketones is 1. The Kier molecular flexibility index (Phi) is 6.74. The van der Waals surface area contributed by atoms with Crippen molar-refractivity contribution in [3.8, 4) is 17.0 Å². The molecule has 196 valence electrons. The number of nitro benzene ring substituents is 1. The molecule has 0 unspecified atom stereocenters. The van der Waals surface area contributed by atoms with Crippen molar-refractivity contribution in [2.24, 2.45) is 0 Å². The molecule has 1 aliphatic rings. The van der Waals surface area contributed by atoms with Crippen molar-refractivity contribution in [2.75, 3.05) is 17.2 Å². The number of nitro groups is 1. The van der Waals surface area contributed by atoms with Gasteiger partial charge < -0.3 is 20.4 Å². The molecule has 2 aromatic carbocycles. The third kappa shape index (κ3) is 5.44. The lowest BCUT2D eigenvalue weighted by Crippen LogP contribution is -2.41. The molecular formula is C27H22N6O6. The molecule has 0 aliphatic carbocycles. The van der Waals surface area contributed by atoms with Crippen molar-refractivity contribution >= 4 is 40.7 Å². The smallest absolute Gasteiger partial charge is 0.410 e. The summed E-state index contributed by atoms with van der Waals surface area (Å²) >= 11 is 0. The van der Waals surface area contributed by atoms with Crippen molar-refractivity contribution in [2.45, 2.75) is 13.5 Å². The molecule has 0 bridgehead atoms. The number of anilines is 3. The first-order valence-corrected chi connectivity index (χ1v) is 11.8. The first-order chi connectivity index (χ1) is 18.8. The number of amides is 2. The highest BCUT2D eigenvalue weighted by Gasteiger charge is 2.33. The summed E-state index contributed by atoms with van der Waals surface area (Å²) in [4.78, 5) is 56.8. The molecule has 3 N–H and O–H groups in total. The number of H-pyrrole nitrogens is 1. The summed E-state index contributed by atoms with van der Waals surface area (Å²) in [6.45, 7) is 1.21. The molecule has 0 fully saturated rings. The quantitative estimate of drug-likeness (QED) is 0.237. The molecule has 3 heterocycles. The zero-order chi connectivity index (χ0) is 27.5. The fourth-order valence-corrected chi connectivity index (χ4v) is 4.25. The third-order valence-electron chi connectivity index (χ3n) is 5.95. The maximum Gasteiger partial charge on any atom is 0.416 e. The summed E-state index contributed by atoms with van der Waals surface area (Å²) in [5.41, 5.74) is 3.30. The summed E-state index contributed by atoms with van der Waals surface area (Å²) < 4.78 is 5.36. The molecule has 2 aromatic heterocycles. The summed E-state index contributed by atoms with van der Waals surface area (Å²) in [7, 11) is 0. The van der Waals surface area contributed by atoms with E-state index in [1.54, 1.807) is 18.3 Å². The Labute approximate surface area is 221 Å². The summed E-state index contributed by atoms with van der Waals surface area (Å²) in [6.07, 6.45) is 0.774. The zero-order valence-corrected chi connectivity index (χ0v) is 20.6. The first-order valence-electron chi connectivity index (χ1n) is 11.8. The van der Waals surface area contributed by atoms with E-state index in [4.69, 9.17) is 4.74 Å². The van der Waals surface area contributed by atoms with Gasteiger partial charge in [0, 0.05) is 42.2 Å². The van der Waals surface area contributed by atoms with E-state index in [1.165, 1.54) is 36.1 Å². The van der Waals surface area contributed by atoms with Crippen molar-refractivity contribution in [3.63, 3.8) is 0 Å². The van der Waals surface area contributed by atoms with Gasteiger partial charge in [0.25, 0.3) is 5.69 Å². The van der Waals surface area contributed by atoms with Crippen LogP contribution in [0.25, 0.3) is 11.3 Å². The molecule has 0 atom stereocenters. The normalized spacial score (nSPS) is 12.4. The number of non-ortho nitro benzene ring substituents is 1. The number of ether oxygens (including phenoxy) is 1. The minimum atomic E-state index is -0.770. The Balaban J connectivity index is 1.47. The van der Waals surface area contributed by atoms with Crippen LogP contribution in [-0.2, 0) is 11.3 Å². The number of nitrogens with one attached hydrogen (secondary N) is 3. The molecule has 4 aromatic rings. The molecule has 39 heavy (non-hydrogen) atoms. The highest BCUT2D eigenvalue weighted by atomic mass is 16.6. The van der Waals surface area contributed by atoms with Gasteiger partial charge in [-0.15, -0.1) is 0 Å². The van der Waals surface area contributed by atoms with E-state index in [0.717, 1.165) is 5.69 Å². The van der Waals surface area contributed by atoms with Crippen LogP contribution in [0.3, 0.4) is 0 Å². The molecule has 0 radical (unpaired) electrons. The van der Waals surface area contributed by atoms with Gasteiger partial charge in [-0.25, -0.2) is 9.78 Å². The Morgan fingerprint density at radius 2 is 1.82 bits per heavy atom. The van der Waals surface area contributed by atoms with Crippen LogP contribution in [0.15, 0.2) is 72.9 Å². The number of carbonyl (C=O) groups excluding carboxylic acids is 3. The van der Waals surface area contributed by atoms with E-state index in [1.807, 2.05) is 30.3 Å². The molecule has 0 saturated carbocycles. The lowest BCUT2D eigenvalue weighted by atomic mass is 10.0. The molecule has 12 nitrogen and oxygen atoms in total. The zero-order valence-electron chi connectivity index (χ0n) is 20.6. The van der Waals surface area contributed by atoms with Gasteiger partial charge in [-0.3, -0.25) is 24.6 Å². The Hall–Kier alpha value is -5.52. The number of hydrogen-bond donors (Lipinski definition) is 3. The lowest BCUT2D eigenvalue weighted by molar-refractivity contribution is -0.384. The monoisotopic (exact) mass is 526 g/mol. The van der Waals surface area contributed by atoms with Gasteiger partial charge in [-0.05, 0) is 36.4 Å². The maximum atomic E-state index is 13.4. The predicted molar refractivity (Wildman–Crippen MR) is 142 cm³/mol. The van der Waals surface area contributed by atoms with Crippen LogP contribution in [0.5, 0.6) is 5.75 Å². The number of pyridine rings is 1. The van der Waals surface area contributed by atoms with Crippen LogP contribution in [0.1, 0.15) is 23.0 Å². The lowest BCUT2D eigenvalue weighted by Gasteiger charge is -2.25. The van der Waals surface area contributed by atoms with Gasteiger partial charge in [-0.1, -0.05) is 18.2 Å². The Bertz CT molecular complexity index is 1580. The molecular weight excluding hydrogens is 504 g/mol. The fraction of sp³-hybridized carbons (Fsp3) is 0.111. The standard InChI is InChI=1S/C27H22N6O6/c1-16(34)29-23-13-17(11-12-28-23)25-26(30-18-5-3-2-4-6-18)24-21(31-25)14-32(15-22(24)35)27(36)39-20-9-7-19(8-10-20)33(37)38/h2-13,30-31H,14-15H2,1H3,(H,28,29,34). The minimum absolute atomic E-state index is 0.0555. The Morgan fingerprint density at radius 1 is 1.08 bits per heavy atom. The van der Waals surface area contributed by atoms with Crippen LogP contribution in [0.2, 0.25) is 0 Å². The topological polar surface area (TPSA) is 160 Å². The number of carbonyl (C=O) groups is 3. The highest BCUT2D eigenvalue weighted by molar-refractivity contribution is 6.09. The van der Waals surface area contributed by atoms with E-state index in [2.05, 4.69) is 20.6 Å². The minimum Gasteiger partial charge on any atom is -0.410 e. The number of Topliss-reactive ketones (excluding diaryl/α,β-unsaturated/α-hetero) is 1. The van der Waals surface area contributed by atoms with Crippen LogP contribution in [0.4, 0.5) is 27.7 Å². The van der Waals surface area contributed by atoms with Gasteiger partial charge in [0.15, 0.2) is 5.78 Å². The summed E-state index contributed by atoms with van der Waals surface area (Å²) in [5, 5.41) is 16.8. The van der Waals surface area contributed by atoms with Crippen LogP contribution >= 0.6 is 0 Å². The highest BCUT2D eigenvalue weighted by Crippen LogP contribution is 2.38. The largest absolute Gasteiger partial charge is 0.416 e. The van der Waals surface area contributed by atoms with Gasteiger partial charge in [0.1, 0.15) is 11.6 Å². The molecule has 5 rings (SSSR count). The molecule has 1 aliphatic heterocycles. The molecule has 2 amide bonds. The van der Waals surface area contributed by atoms with Crippen LogP contribution in [0, 0.1) is 10.1 Å². The van der Waals surface area contributed by atoms with E-state index < -0.39 is 11.0 Å². The van der Waals surface area contributed by atoms with Gasteiger partial charge in [-0.2, -0.15) is 0 Å². The fourth-order valence-electron chi connectivity index (χ4n) is 4.25. The predicted octanol–water partition coefficient (Wildman–Crippen LogP) is 4.88. The van der Waals surface area contributed by atoms with E-state index in [-0.39, 0.29) is 36.2 Å². The van der Waals surface area contributed by atoms with Gasteiger partial charge >= 0.3 is 6.09 Å². The average molecular weight is 527 g/mol. The maximum absolute atomic E-state index is 13.4. The molecule has 0 spiro atoms. The third-order valence-corrected chi connectivity index (χ3v) is 5.95. The SMILES string of the molecule is CC(=O)Nc1cc(-c2[nH]c3c(c2Nc2ccccc2)C(=O)CN(C(=O)Oc2ccc([N+](=O)[O-])cc2)C3)ccn1. The van der Waals surface area contributed by atoms with Crippen molar-refractivity contribution in [3.05, 3.63) is 94.3 Å². The number of aromatic nitrogens is 2. The Morgan fingerprint density at radius 3 is 2.51 bits per heavy atom. The summed E-state index contributed by atoms with van der Waals surface area (Å²) in [6, 6.07) is 17.8. The average Bonchev–Trinajstić information content (AvgIpc) is 3.28. The number of fused-ring (bicyclic) bond motifs is 1. The number of hydrogen-bond acceptors (Lipinski definition) is 8. The van der Waals surface area contributed by atoms with E-state index >= 15 is 0 Å². The second-order valence-corrected chi connectivity index (χ2v) is 8.73. The van der Waals surface area contributed by atoms with Gasteiger partial charge in [0.05, 0.1) is 35.0 Å². The number of aromatic amines is 1. The first kappa shape index (κ1) is 25.1. The number of para-hydroxylation sites is 1.